The van der Waals surface area contributed by atoms with Crippen molar-refractivity contribution in [2.24, 2.45) is 11.8 Å². The number of nitrogens with zero attached hydrogens (tertiary/aromatic N) is 2. The summed E-state index contributed by atoms with van der Waals surface area (Å²) in [5.74, 6) is 0.932. The highest BCUT2D eigenvalue weighted by molar-refractivity contribution is 5.79. The van der Waals surface area contributed by atoms with Crippen LogP contribution in [0.25, 0.3) is 0 Å². The molecule has 156 valence electrons. The Morgan fingerprint density at radius 2 is 1.93 bits per heavy atom. The summed E-state index contributed by atoms with van der Waals surface area (Å²) < 4.78 is 5.50. The highest BCUT2D eigenvalue weighted by Gasteiger charge is 2.32. The van der Waals surface area contributed by atoms with Gasteiger partial charge < -0.3 is 15.0 Å². The van der Waals surface area contributed by atoms with Gasteiger partial charge in [0, 0.05) is 45.8 Å². The first kappa shape index (κ1) is 21.3. The summed E-state index contributed by atoms with van der Waals surface area (Å²) in [4.78, 5) is 17.8. The van der Waals surface area contributed by atoms with Gasteiger partial charge in [0.25, 0.3) is 0 Å². The number of morpholine rings is 1. The number of ether oxygens (including phenoxy) is 1. The van der Waals surface area contributed by atoms with E-state index in [9.17, 15) is 4.79 Å². The second-order valence-electron chi connectivity index (χ2n) is 8.35. The topological polar surface area (TPSA) is 44.8 Å². The number of nitrogens with one attached hydrogen (secondary N) is 1. The number of likely N-dealkylation sites (tertiary alicyclic amines) is 1. The Morgan fingerprint density at radius 3 is 2.68 bits per heavy atom. The Kier molecular flexibility index (Phi) is 8.77. The van der Waals surface area contributed by atoms with Gasteiger partial charge in [0.15, 0.2) is 0 Å². The van der Waals surface area contributed by atoms with E-state index in [1.165, 1.54) is 5.56 Å². The molecule has 0 radical (unpaired) electrons. The SMILES string of the molecule is CCCCNC(=O)[C@@H]1C[C@H](CN2CCOCC2)CN(CCc2ccccc2)C1. The first-order valence-electron chi connectivity index (χ1n) is 11.1. The molecule has 0 aromatic heterocycles. The zero-order chi connectivity index (χ0) is 19.6. The minimum Gasteiger partial charge on any atom is -0.379 e. The number of rotatable bonds is 9. The molecule has 0 unspecified atom stereocenters. The Bertz CT molecular complexity index is 574. The van der Waals surface area contributed by atoms with Gasteiger partial charge >= 0.3 is 0 Å². The van der Waals surface area contributed by atoms with E-state index in [0.717, 1.165) is 84.7 Å². The van der Waals surface area contributed by atoms with Gasteiger partial charge in [-0.2, -0.15) is 0 Å². The van der Waals surface area contributed by atoms with Crippen LogP contribution in [0.1, 0.15) is 31.7 Å². The zero-order valence-corrected chi connectivity index (χ0v) is 17.4. The molecule has 0 saturated carbocycles. The maximum Gasteiger partial charge on any atom is 0.224 e. The van der Waals surface area contributed by atoms with Crippen molar-refractivity contribution in [1.82, 2.24) is 15.1 Å². The molecule has 28 heavy (non-hydrogen) atoms. The van der Waals surface area contributed by atoms with Crippen LogP contribution in [0.15, 0.2) is 30.3 Å². The molecule has 1 aromatic carbocycles. The normalized spacial score (nSPS) is 24.2. The molecule has 1 amide bonds. The average molecular weight is 388 g/mol. The van der Waals surface area contributed by atoms with Gasteiger partial charge in [-0.3, -0.25) is 9.69 Å². The van der Waals surface area contributed by atoms with Crippen LogP contribution >= 0.6 is 0 Å². The molecule has 2 saturated heterocycles. The standard InChI is InChI=1S/C23H37N3O2/c1-2-3-10-24-23(27)22-16-21(17-25-12-14-28-15-13-25)18-26(19-22)11-9-20-7-5-4-6-8-20/h4-8,21-22H,2-3,9-19H2,1H3,(H,24,27)/t21-,22-/m1/s1. The summed E-state index contributed by atoms with van der Waals surface area (Å²) in [5, 5.41) is 3.17. The minimum atomic E-state index is 0.118. The Balaban J connectivity index is 1.56. The fourth-order valence-electron chi connectivity index (χ4n) is 4.42. The second-order valence-corrected chi connectivity index (χ2v) is 8.35. The molecule has 0 spiro atoms. The van der Waals surface area contributed by atoms with Gasteiger partial charge in [-0.1, -0.05) is 43.7 Å². The number of hydrogen-bond acceptors (Lipinski definition) is 4. The maximum absolute atomic E-state index is 12.8. The molecule has 5 heteroatoms. The van der Waals surface area contributed by atoms with Crippen molar-refractivity contribution >= 4 is 5.91 Å². The Morgan fingerprint density at radius 1 is 1.14 bits per heavy atom. The van der Waals surface area contributed by atoms with E-state index in [4.69, 9.17) is 4.74 Å². The van der Waals surface area contributed by atoms with Crippen molar-refractivity contribution < 1.29 is 9.53 Å². The number of unbranched alkanes of at least 4 members (excludes halogenated alkanes) is 1. The van der Waals surface area contributed by atoms with E-state index >= 15 is 0 Å². The third-order valence-corrected chi connectivity index (χ3v) is 5.99. The molecule has 5 nitrogen and oxygen atoms in total. The zero-order valence-electron chi connectivity index (χ0n) is 17.4. The van der Waals surface area contributed by atoms with Crippen molar-refractivity contribution in [2.75, 3.05) is 59.0 Å². The van der Waals surface area contributed by atoms with Crippen LogP contribution in [-0.4, -0.2) is 74.7 Å². The highest BCUT2D eigenvalue weighted by atomic mass is 16.5. The number of benzene rings is 1. The molecule has 0 aliphatic carbocycles. The number of amides is 1. The summed E-state index contributed by atoms with van der Waals surface area (Å²) in [7, 11) is 0. The van der Waals surface area contributed by atoms with E-state index in [1.807, 2.05) is 0 Å². The predicted molar refractivity (Wildman–Crippen MR) is 113 cm³/mol. The summed E-state index contributed by atoms with van der Waals surface area (Å²) in [6, 6.07) is 10.7. The van der Waals surface area contributed by atoms with Gasteiger partial charge in [-0.15, -0.1) is 0 Å². The molecule has 1 N–H and O–H groups in total. The quantitative estimate of drug-likeness (QED) is 0.661. The second kappa shape index (κ2) is 11.5. The molecule has 2 fully saturated rings. The van der Waals surface area contributed by atoms with Crippen LogP contribution in [0.3, 0.4) is 0 Å². The summed E-state index contributed by atoms with van der Waals surface area (Å²) in [6.45, 7) is 10.8. The van der Waals surface area contributed by atoms with Crippen molar-refractivity contribution in [3.8, 4) is 0 Å². The lowest BCUT2D eigenvalue weighted by Crippen LogP contribution is -2.50. The van der Waals surface area contributed by atoms with E-state index < -0.39 is 0 Å². The van der Waals surface area contributed by atoms with Crippen molar-refractivity contribution in [3.05, 3.63) is 35.9 Å². The van der Waals surface area contributed by atoms with Gasteiger partial charge in [0.05, 0.1) is 19.1 Å². The van der Waals surface area contributed by atoms with Crippen LogP contribution in [0, 0.1) is 11.8 Å². The van der Waals surface area contributed by atoms with Crippen molar-refractivity contribution in [3.63, 3.8) is 0 Å². The monoisotopic (exact) mass is 387 g/mol. The first-order chi connectivity index (χ1) is 13.7. The summed E-state index contributed by atoms with van der Waals surface area (Å²) >= 11 is 0. The summed E-state index contributed by atoms with van der Waals surface area (Å²) in [5.41, 5.74) is 1.38. The molecule has 3 rings (SSSR count). The maximum atomic E-state index is 12.8. The predicted octanol–water partition coefficient (Wildman–Crippen LogP) is 2.42. The largest absolute Gasteiger partial charge is 0.379 e. The van der Waals surface area contributed by atoms with Crippen LogP contribution in [0.2, 0.25) is 0 Å². The third-order valence-electron chi connectivity index (χ3n) is 5.99. The minimum absolute atomic E-state index is 0.118. The molecule has 2 aliphatic rings. The number of carbonyl (C=O) groups excluding carboxylic acids is 1. The van der Waals surface area contributed by atoms with E-state index in [0.29, 0.717) is 5.92 Å². The number of hydrogen-bond donors (Lipinski definition) is 1. The van der Waals surface area contributed by atoms with Crippen molar-refractivity contribution in [2.45, 2.75) is 32.6 Å². The molecule has 1 aromatic rings. The van der Waals surface area contributed by atoms with Gasteiger partial charge in [0.1, 0.15) is 0 Å². The van der Waals surface area contributed by atoms with Crippen molar-refractivity contribution in [1.29, 1.82) is 0 Å². The number of carbonyl (C=O) groups is 1. The average Bonchev–Trinajstić information content (AvgIpc) is 2.74. The lowest BCUT2D eigenvalue weighted by Gasteiger charge is -2.40. The van der Waals surface area contributed by atoms with E-state index in [-0.39, 0.29) is 11.8 Å². The van der Waals surface area contributed by atoms with Crippen LogP contribution in [0.5, 0.6) is 0 Å². The molecule has 2 atom stereocenters. The third kappa shape index (κ3) is 6.87. The molecule has 2 aliphatic heterocycles. The fraction of sp³-hybridized carbons (Fsp3) is 0.696. The molecular weight excluding hydrogens is 350 g/mol. The number of piperidine rings is 1. The Labute approximate surface area is 170 Å². The molecule has 2 heterocycles. The first-order valence-corrected chi connectivity index (χ1v) is 11.1. The van der Waals surface area contributed by atoms with E-state index in [2.05, 4.69) is 52.4 Å². The van der Waals surface area contributed by atoms with Gasteiger partial charge in [0.2, 0.25) is 5.91 Å². The lowest BCUT2D eigenvalue weighted by atomic mass is 9.87. The van der Waals surface area contributed by atoms with E-state index in [1.54, 1.807) is 0 Å². The van der Waals surface area contributed by atoms with Crippen LogP contribution < -0.4 is 5.32 Å². The lowest BCUT2D eigenvalue weighted by molar-refractivity contribution is -0.127. The molecule has 0 bridgehead atoms. The smallest absolute Gasteiger partial charge is 0.224 e. The van der Waals surface area contributed by atoms with Crippen LogP contribution in [-0.2, 0) is 16.0 Å². The molecular formula is C23H37N3O2. The van der Waals surface area contributed by atoms with Crippen LogP contribution in [0.4, 0.5) is 0 Å². The fourth-order valence-corrected chi connectivity index (χ4v) is 4.42. The van der Waals surface area contributed by atoms with Gasteiger partial charge in [-0.25, -0.2) is 0 Å². The Hall–Kier alpha value is -1.43. The summed E-state index contributed by atoms with van der Waals surface area (Å²) in [6.07, 6.45) is 4.24. The highest BCUT2D eigenvalue weighted by Crippen LogP contribution is 2.24. The van der Waals surface area contributed by atoms with Gasteiger partial charge in [-0.05, 0) is 30.7 Å².